The summed E-state index contributed by atoms with van der Waals surface area (Å²) in [6.07, 6.45) is -3.80. The van der Waals surface area contributed by atoms with Gasteiger partial charge in [-0.25, -0.2) is 13.8 Å². The average molecular weight is 405 g/mol. The lowest BCUT2D eigenvalue weighted by atomic mass is 9.97. The van der Waals surface area contributed by atoms with Crippen LogP contribution in [0.15, 0.2) is 23.6 Å². The van der Waals surface area contributed by atoms with Gasteiger partial charge < -0.3 is 5.32 Å². The van der Waals surface area contributed by atoms with Crippen molar-refractivity contribution in [2.24, 2.45) is 5.92 Å². The second-order valence-electron chi connectivity index (χ2n) is 6.33. The van der Waals surface area contributed by atoms with Crippen molar-refractivity contribution in [3.05, 3.63) is 35.2 Å². The maximum atomic E-state index is 13.3. The van der Waals surface area contributed by atoms with E-state index in [4.69, 9.17) is 0 Å². The fourth-order valence-electron chi connectivity index (χ4n) is 2.95. The Bertz CT molecular complexity index is 823. The van der Waals surface area contributed by atoms with Crippen LogP contribution in [-0.2, 0) is 4.79 Å². The number of piperidine rings is 1. The lowest BCUT2D eigenvalue weighted by Crippen LogP contribution is -2.44. The molecule has 1 aliphatic rings. The third-order valence-corrected chi connectivity index (χ3v) is 5.06. The molecule has 1 aromatic carbocycles. The van der Waals surface area contributed by atoms with Crippen LogP contribution in [-0.4, -0.2) is 41.6 Å². The molecule has 0 aliphatic carbocycles. The first-order chi connectivity index (χ1) is 12.7. The van der Waals surface area contributed by atoms with Gasteiger partial charge in [0.25, 0.3) is 0 Å². The molecular formula is C17H16F5N3OS. The van der Waals surface area contributed by atoms with E-state index in [1.807, 2.05) is 0 Å². The van der Waals surface area contributed by atoms with Gasteiger partial charge in [-0.3, -0.25) is 9.69 Å². The maximum Gasteiger partial charge on any atom is 0.393 e. The normalized spacial score (nSPS) is 18.5. The maximum absolute atomic E-state index is 13.3. The molecule has 1 atom stereocenters. The zero-order valence-electron chi connectivity index (χ0n) is 14.0. The number of thiazole rings is 1. The number of rotatable bonds is 4. The first-order valence-electron chi connectivity index (χ1n) is 8.22. The second kappa shape index (κ2) is 7.89. The number of nitrogens with one attached hydrogen (secondary N) is 1. The van der Waals surface area contributed by atoms with Crippen LogP contribution in [0, 0.1) is 17.6 Å². The molecular weight excluding hydrogens is 389 g/mol. The van der Waals surface area contributed by atoms with Gasteiger partial charge in [-0.2, -0.15) is 13.2 Å². The Morgan fingerprint density at radius 2 is 2.07 bits per heavy atom. The number of carbonyl (C=O) groups excluding carboxylic acids is 1. The highest BCUT2D eigenvalue weighted by molar-refractivity contribution is 7.14. The van der Waals surface area contributed by atoms with E-state index in [9.17, 15) is 26.7 Å². The SMILES string of the molecule is O=C(CN1CCC[C@H](C(F)(F)F)C1)Nc1nc(-c2ccc(F)c(F)c2)cs1. The summed E-state index contributed by atoms with van der Waals surface area (Å²) < 4.78 is 64.8. The molecule has 0 bridgehead atoms. The largest absolute Gasteiger partial charge is 0.393 e. The summed E-state index contributed by atoms with van der Waals surface area (Å²) in [4.78, 5) is 17.7. The highest BCUT2D eigenvalue weighted by atomic mass is 32.1. The Kier molecular flexibility index (Phi) is 5.75. The van der Waals surface area contributed by atoms with Crippen molar-refractivity contribution < 1.29 is 26.7 Å². The molecule has 2 aromatic rings. The van der Waals surface area contributed by atoms with Gasteiger partial charge in [-0.15, -0.1) is 11.3 Å². The van der Waals surface area contributed by atoms with E-state index in [1.54, 1.807) is 5.38 Å². The van der Waals surface area contributed by atoms with Crippen molar-refractivity contribution >= 4 is 22.4 Å². The number of hydrogen-bond donors (Lipinski definition) is 1. The third kappa shape index (κ3) is 5.01. The van der Waals surface area contributed by atoms with Gasteiger partial charge in [-0.05, 0) is 37.6 Å². The van der Waals surface area contributed by atoms with Crippen molar-refractivity contribution in [1.82, 2.24) is 9.88 Å². The minimum absolute atomic E-state index is 0.0751. The van der Waals surface area contributed by atoms with E-state index < -0.39 is 29.6 Å². The first-order valence-corrected chi connectivity index (χ1v) is 9.10. The monoisotopic (exact) mass is 405 g/mol. The van der Waals surface area contributed by atoms with E-state index in [1.165, 1.54) is 11.0 Å². The zero-order chi connectivity index (χ0) is 19.6. The van der Waals surface area contributed by atoms with Crippen molar-refractivity contribution in [2.45, 2.75) is 19.0 Å². The molecule has 1 aromatic heterocycles. The van der Waals surface area contributed by atoms with Gasteiger partial charge in [0.1, 0.15) is 0 Å². The van der Waals surface area contributed by atoms with E-state index in [2.05, 4.69) is 10.3 Å². The molecule has 146 valence electrons. The molecule has 1 amide bonds. The second-order valence-corrected chi connectivity index (χ2v) is 7.19. The molecule has 10 heteroatoms. The lowest BCUT2D eigenvalue weighted by Gasteiger charge is -2.33. The number of hydrogen-bond acceptors (Lipinski definition) is 4. The molecule has 1 saturated heterocycles. The van der Waals surface area contributed by atoms with Crippen LogP contribution in [0.3, 0.4) is 0 Å². The molecule has 1 N–H and O–H groups in total. The van der Waals surface area contributed by atoms with Gasteiger partial charge in [0.15, 0.2) is 16.8 Å². The Morgan fingerprint density at radius 1 is 1.30 bits per heavy atom. The predicted molar refractivity (Wildman–Crippen MR) is 91.3 cm³/mol. The Hall–Kier alpha value is -2.07. The van der Waals surface area contributed by atoms with Crippen molar-refractivity contribution in [2.75, 3.05) is 25.0 Å². The first kappa shape index (κ1) is 19.7. The molecule has 27 heavy (non-hydrogen) atoms. The summed E-state index contributed by atoms with van der Waals surface area (Å²) in [7, 11) is 0. The highest BCUT2D eigenvalue weighted by Gasteiger charge is 2.41. The van der Waals surface area contributed by atoms with Gasteiger partial charge in [-0.1, -0.05) is 0 Å². The Labute approximate surface area is 156 Å². The van der Waals surface area contributed by atoms with E-state index in [0.717, 1.165) is 23.5 Å². The highest BCUT2D eigenvalue weighted by Crippen LogP contribution is 2.33. The number of carbonyl (C=O) groups is 1. The number of alkyl halides is 3. The molecule has 0 spiro atoms. The van der Waals surface area contributed by atoms with E-state index in [-0.39, 0.29) is 24.6 Å². The standard InChI is InChI=1S/C17H16F5N3OS/c18-12-4-3-10(6-13(12)19)14-9-27-16(23-14)24-15(26)8-25-5-1-2-11(7-25)17(20,21)22/h3-4,6,9,11H,1-2,5,7-8H2,(H,23,24,26)/t11-/m0/s1. The molecule has 2 heterocycles. The van der Waals surface area contributed by atoms with Gasteiger partial charge in [0.05, 0.1) is 18.2 Å². The van der Waals surface area contributed by atoms with Crippen molar-refractivity contribution in [1.29, 1.82) is 0 Å². The quantitative estimate of drug-likeness (QED) is 0.772. The molecule has 0 radical (unpaired) electrons. The summed E-state index contributed by atoms with van der Waals surface area (Å²) >= 11 is 1.09. The molecule has 0 unspecified atom stereocenters. The summed E-state index contributed by atoms with van der Waals surface area (Å²) in [6, 6.07) is 3.35. The van der Waals surface area contributed by atoms with Crippen molar-refractivity contribution in [3.8, 4) is 11.3 Å². The van der Waals surface area contributed by atoms with E-state index >= 15 is 0 Å². The van der Waals surface area contributed by atoms with E-state index in [0.29, 0.717) is 24.2 Å². The van der Waals surface area contributed by atoms with Gasteiger partial charge >= 0.3 is 6.18 Å². The number of aromatic nitrogens is 1. The van der Waals surface area contributed by atoms with Crippen LogP contribution in [0.25, 0.3) is 11.3 Å². The fourth-order valence-corrected chi connectivity index (χ4v) is 3.68. The number of halogens is 5. The summed E-state index contributed by atoms with van der Waals surface area (Å²) in [5.41, 5.74) is 0.721. The summed E-state index contributed by atoms with van der Waals surface area (Å²) in [5.74, 6) is -3.86. The molecule has 1 aliphatic heterocycles. The number of amides is 1. The van der Waals surface area contributed by atoms with Crippen LogP contribution < -0.4 is 5.32 Å². The fraction of sp³-hybridized carbons (Fsp3) is 0.412. The molecule has 4 nitrogen and oxygen atoms in total. The number of anilines is 1. The molecule has 3 rings (SSSR count). The van der Waals surface area contributed by atoms with Crippen molar-refractivity contribution in [3.63, 3.8) is 0 Å². The lowest BCUT2D eigenvalue weighted by molar-refractivity contribution is -0.186. The van der Waals surface area contributed by atoms with Crippen LogP contribution in [0.5, 0.6) is 0 Å². The minimum Gasteiger partial charge on any atom is -0.301 e. The predicted octanol–water partition coefficient (Wildman–Crippen LogP) is 4.30. The average Bonchev–Trinajstić information content (AvgIpc) is 3.05. The minimum atomic E-state index is -4.26. The summed E-state index contributed by atoms with van der Waals surface area (Å²) in [6.45, 7) is 0.0690. The topological polar surface area (TPSA) is 45.2 Å². The molecule has 1 fully saturated rings. The molecule has 0 saturated carbocycles. The van der Waals surface area contributed by atoms with Crippen LogP contribution >= 0.6 is 11.3 Å². The summed E-state index contributed by atoms with van der Waals surface area (Å²) in [5, 5.41) is 4.35. The Morgan fingerprint density at radius 3 is 2.78 bits per heavy atom. The van der Waals surface area contributed by atoms with Gasteiger partial charge in [0.2, 0.25) is 5.91 Å². The van der Waals surface area contributed by atoms with Gasteiger partial charge in [0, 0.05) is 17.5 Å². The number of likely N-dealkylation sites (tertiary alicyclic amines) is 1. The smallest absolute Gasteiger partial charge is 0.301 e. The number of benzene rings is 1. The van der Waals surface area contributed by atoms with Crippen LogP contribution in [0.4, 0.5) is 27.1 Å². The Balaban J connectivity index is 1.58. The van der Waals surface area contributed by atoms with Crippen LogP contribution in [0.1, 0.15) is 12.8 Å². The number of nitrogens with zero attached hydrogens (tertiary/aromatic N) is 2. The zero-order valence-corrected chi connectivity index (χ0v) is 14.8. The third-order valence-electron chi connectivity index (χ3n) is 4.30. The van der Waals surface area contributed by atoms with Crippen LogP contribution in [0.2, 0.25) is 0 Å².